The van der Waals surface area contributed by atoms with Crippen LogP contribution in [0.15, 0.2) is 18.3 Å². The zero-order valence-electron chi connectivity index (χ0n) is 12.9. The molecule has 2 rings (SSSR count). The third kappa shape index (κ3) is 4.43. The van der Waals surface area contributed by atoms with Crippen LogP contribution in [0.4, 0.5) is 5.69 Å². The van der Waals surface area contributed by atoms with Crippen molar-refractivity contribution in [2.24, 2.45) is 0 Å². The number of hydrogen-bond donors (Lipinski definition) is 2. The number of carbonyl (C=O) groups excluding carboxylic acids is 1. The summed E-state index contributed by atoms with van der Waals surface area (Å²) in [5, 5.41) is 13.9. The van der Waals surface area contributed by atoms with Crippen LogP contribution in [0, 0.1) is 0 Å². The van der Waals surface area contributed by atoms with Gasteiger partial charge in [-0.3, -0.25) is 9.78 Å². The molecule has 0 aliphatic heterocycles. The lowest BCUT2D eigenvalue weighted by Crippen LogP contribution is -2.36. The number of aliphatic hydroxyl groups is 1. The average molecular weight is 291 g/mol. The Bertz CT molecular complexity index is 480. The van der Waals surface area contributed by atoms with Crippen LogP contribution in [0.1, 0.15) is 49.0 Å². The van der Waals surface area contributed by atoms with Crippen molar-refractivity contribution in [1.82, 2.24) is 9.88 Å². The summed E-state index contributed by atoms with van der Waals surface area (Å²) in [6, 6.07) is 3.56. The van der Waals surface area contributed by atoms with Crippen molar-refractivity contribution in [3.63, 3.8) is 0 Å². The van der Waals surface area contributed by atoms with Crippen molar-refractivity contribution < 1.29 is 9.90 Å². The van der Waals surface area contributed by atoms with Crippen LogP contribution in [-0.2, 0) is 0 Å². The Morgan fingerprint density at radius 2 is 2.00 bits per heavy atom. The lowest BCUT2D eigenvalue weighted by atomic mass is 9.94. The van der Waals surface area contributed by atoms with Gasteiger partial charge >= 0.3 is 0 Å². The Labute approximate surface area is 126 Å². The van der Waals surface area contributed by atoms with Crippen LogP contribution in [0.5, 0.6) is 0 Å². The van der Waals surface area contributed by atoms with E-state index in [1.165, 1.54) is 17.7 Å². The topological polar surface area (TPSA) is 65.5 Å². The van der Waals surface area contributed by atoms with E-state index in [9.17, 15) is 9.90 Å². The normalized spacial score (nSPS) is 17.9. The van der Waals surface area contributed by atoms with Crippen LogP contribution < -0.4 is 5.32 Å². The van der Waals surface area contributed by atoms with E-state index in [1.54, 1.807) is 26.4 Å². The number of aromatic nitrogens is 1. The molecule has 1 aliphatic rings. The lowest BCUT2D eigenvalue weighted by molar-refractivity contribution is 0.0381. The number of hydrogen-bond acceptors (Lipinski definition) is 4. The summed E-state index contributed by atoms with van der Waals surface area (Å²) in [6.45, 7) is 0.520. The molecule has 1 heterocycles. The Morgan fingerprint density at radius 3 is 2.62 bits per heavy atom. The van der Waals surface area contributed by atoms with E-state index in [0.29, 0.717) is 12.2 Å². The van der Waals surface area contributed by atoms with E-state index < -0.39 is 5.60 Å². The number of carbonyl (C=O) groups is 1. The minimum absolute atomic E-state index is 0.119. The molecule has 0 aromatic carbocycles. The molecule has 1 saturated carbocycles. The van der Waals surface area contributed by atoms with Gasteiger partial charge < -0.3 is 15.3 Å². The molecule has 0 spiro atoms. The highest BCUT2D eigenvalue weighted by atomic mass is 16.3. The molecule has 0 unspecified atom stereocenters. The highest BCUT2D eigenvalue weighted by Crippen LogP contribution is 2.27. The zero-order chi connectivity index (χ0) is 15.3. The summed E-state index contributed by atoms with van der Waals surface area (Å²) < 4.78 is 0. The first-order chi connectivity index (χ1) is 10.0. The van der Waals surface area contributed by atoms with Gasteiger partial charge in [-0.25, -0.2) is 0 Å². The average Bonchev–Trinajstić information content (AvgIpc) is 2.70. The molecule has 0 bridgehead atoms. The molecule has 1 amide bonds. The number of pyridine rings is 1. The van der Waals surface area contributed by atoms with Gasteiger partial charge in [-0.2, -0.15) is 0 Å². The minimum atomic E-state index is -0.633. The first-order valence-corrected chi connectivity index (χ1v) is 7.64. The standard InChI is InChI=1S/C16H25N3O2/c1-19(2)15(20)14-11-13(7-10-17-14)18-12-16(21)8-5-3-4-6-9-16/h7,10-11,21H,3-6,8-9,12H2,1-2H3,(H,17,18). The first-order valence-electron chi connectivity index (χ1n) is 7.64. The molecule has 1 aromatic heterocycles. The van der Waals surface area contributed by atoms with Crippen molar-refractivity contribution in [3.05, 3.63) is 24.0 Å². The van der Waals surface area contributed by atoms with Gasteiger partial charge in [0.25, 0.3) is 5.91 Å². The van der Waals surface area contributed by atoms with E-state index >= 15 is 0 Å². The number of anilines is 1. The molecule has 0 radical (unpaired) electrons. The maximum Gasteiger partial charge on any atom is 0.272 e. The first kappa shape index (κ1) is 15.8. The second-order valence-corrected chi connectivity index (χ2v) is 6.12. The van der Waals surface area contributed by atoms with Crippen LogP contribution in [-0.4, -0.2) is 47.1 Å². The summed E-state index contributed by atoms with van der Waals surface area (Å²) in [5.41, 5.74) is 0.608. The third-order valence-electron chi connectivity index (χ3n) is 4.04. The highest BCUT2D eigenvalue weighted by molar-refractivity contribution is 5.92. The van der Waals surface area contributed by atoms with Gasteiger partial charge in [0.1, 0.15) is 5.69 Å². The van der Waals surface area contributed by atoms with Gasteiger partial charge in [0.2, 0.25) is 0 Å². The maximum absolute atomic E-state index is 11.9. The molecule has 2 N–H and O–H groups in total. The summed E-state index contributed by atoms with van der Waals surface area (Å²) in [5.74, 6) is -0.119. The van der Waals surface area contributed by atoms with E-state index in [-0.39, 0.29) is 5.91 Å². The molecule has 1 aromatic rings. The Morgan fingerprint density at radius 1 is 1.33 bits per heavy atom. The second-order valence-electron chi connectivity index (χ2n) is 6.12. The van der Waals surface area contributed by atoms with Crippen molar-refractivity contribution in [2.45, 2.75) is 44.1 Å². The molecule has 21 heavy (non-hydrogen) atoms. The molecule has 116 valence electrons. The van der Waals surface area contributed by atoms with Crippen LogP contribution in [0.2, 0.25) is 0 Å². The van der Waals surface area contributed by atoms with Gasteiger partial charge in [0.15, 0.2) is 0 Å². The summed E-state index contributed by atoms with van der Waals surface area (Å²) in [4.78, 5) is 17.5. The fourth-order valence-corrected chi connectivity index (χ4v) is 2.72. The van der Waals surface area contributed by atoms with E-state index in [4.69, 9.17) is 0 Å². The quantitative estimate of drug-likeness (QED) is 0.835. The van der Waals surface area contributed by atoms with Crippen molar-refractivity contribution >= 4 is 11.6 Å². The monoisotopic (exact) mass is 291 g/mol. The van der Waals surface area contributed by atoms with Gasteiger partial charge in [0.05, 0.1) is 5.60 Å². The SMILES string of the molecule is CN(C)C(=O)c1cc(NCC2(O)CCCCCC2)ccn1. The fourth-order valence-electron chi connectivity index (χ4n) is 2.72. The predicted octanol–water partition coefficient (Wildman–Crippen LogP) is 2.28. The summed E-state index contributed by atoms with van der Waals surface area (Å²) in [6.07, 6.45) is 7.88. The zero-order valence-corrected chi connectivity index (χ0v) is 12.9. The number of amides is 1. The number of nitrogens with one attached hydrogen (secondary N) is 1. The van der Waals surface area contributed by atoms with E-state index in [2.05, 4.69) is 10.3 Å². The maximum atomic E-state index is 11.9. The molecule has 1 fully saturated rings. The molecule has 5 heteroatoms. The van der Waals surface area contributed by atoms with Crippen molar-refractivity contribution in [1.29, 1.82) is 0 Å². The minimum Gasteiger partial charge on any atom is -0.388 e. The van der Waals surface area contributed by atoms with Gasteiger partial charge in [0, 0.05) is 32.5 Å². The largest absolute Gasteiger partial charge is 0.388 e. The molecule has 0 saturated heterocycles. The summed E-state index contributed by atoms with van der Waals surface area (Å²) >= 11 is 0. The van der Waals surface area contributed by atoms with Gasteiger partial charge in [-0.05, 0) is 25.0 Å². The Balaban J connectivity index is 1.99. The van der Waals surface area contributed by atoms with Crippen LogP contribution >= 0.6 is 0 Å². The Kier molecular flexibility index (Phi) is 5.17. The molecule has 0 atom stereocenters. The number of rotatable bonds is 4. The van der Waals surface area contributed by atoms with Crippen molar-refractivity contribution in [2.75, 3.05) is 26.0 Å². The smallest absolute Gasteiger partial charge is 0.272 e. The lowest BCUT2D eigenvalue weighted by Gasteiger charge is -2.27. The van der Waals surface area contributed by atoms with Crippen LogP contribution in [0.3, 0.4) is 0 Å². The van der Waals surface area contributed by atoms with Crippen molar-refractivity contribution in [3.8, 4) is 0 Å². The van der Waals surface area contributed by atoms with E-state index in [1.807, 2.05) is 6.07 Å². The van der Waals surface area contributed by atoms with Crippen LogP contribution in [0.25, 0.3) is 0 Å². The Hall–Kier alpha value is -1.62. The molecular weight excluding hydrogens is 266 g/mol. The predicted molar refractivity (Wildman–Crippen MR) is 83.4 cm³/mol. The van der Waals surface area contributed by atoms with E-state index in [0.717, 1.165) is 31.4 Å². The molecule has 5 nitrogen and oxygen atoms in total. The highest BCUT2D eigenvalue weighted by Gasteiger charge is 2.27. The fraction of sp³-hybridized carbons (Fsp3) is 0.625. The second kappa shape index (κ2) is 6.89. The van der Waals surface area contributed by atoms with Gasteiger partial charge in [-0.1, -0.05) is 25.7 Å². The molecular formula is C16H25N3O2. The van der Waals surface area contributed by atoms with Gasteiger partial charge in [-0.15, -0.1) is 0 Å². The third-order valence-corrected chi connectivity index (χ3v) is 4.04. The summed E-state index contributed by atoms with van der Waals surface area (Å²) in [7, 11) is 3.41. The molecule has 1 aliphatic carbocycles. The number of nitrogens with zero attached hydrogens (tertiary/aromatic N) is 2.